The summed E-state index contributed by atoms with van der Waals surface area (Å²) in [5.74, 6) is 2.60. The molecule has 50 heavy (non-hydrogen) atoms. The van der Waals surface area contributed by atoms with Gasteiger partial charge >= 0.3 is 0 Å². The highest BCUT2D eigenvalue weighted by molar-refractivity contribution is 7.80. The van der Waals surface area contributed by atoms with E-state index < -0.39 is 15.8 Å². The summed E-state index contributed by atoms with van der Waals surface area (Å²) in [4.78, 5) is 0. The van der Waals surface area contributed by atoms with Crippen LogP contribution in [-0.4, -0.2) is 21.3 Å². The Bertz CT molecular complexity index is 1770. The molecule has 0 heterocycles. The summed E-state index contributed by atoms with van der Waals surface area (Å²) >= 11 is 0. The Balaban J connectivity index is 0.000000194. The van der Waals surface area contributed by atoms with Crippen LogP contribution in [0.5, 0.6) is 17.2 Å². The first-order chi connectivity index (χ1) is 24.2. The average Bonchev–Trinajstić information content (AvgIpc) is 3.12. The lowest BCUT2D eigenvalue weighted by Gasteiger charge is -2.29. The second-order valence-electron chi connectivity index (χ2n) is 12.4. The third-order valence-electron chi connectivity index (χ3n) is 8.97. The highest BCUT2D eigenvalue weighted by atomic mass is 31.1. The molecule has 0 saturated carbocycles. The number of para-hydroxylation sites is 3. The fraction of sp³-hybridized carbons (Fsp3) is 0.200. The number of aryl methyl sites for hydroxylation is 6. The van der Waals surface area contributed by atoms with Crippen LogP contribution in [0, 0.1) is 41.5 Å². The van der Waals surface area contributed by atoms with E-state index in [-0.39, 0.29) is 0 Å². The molecule has 0 fully saturated rings. The van der Waals surface area contributed by atoms with E-state index in [9.17, 15) is 0 Å². The summed E-state index contributed by atoms with van der Waals surface area (Å²) in [5, 5.41) is 7.96. The molecule has 0 aliphatic rings. The molecule has 6 rings (SSSR count). The molecule has 256 valence electrons. The van der Waals surface area contributed by atoms with Crippen molar-refractivity contribution in [1.29, 1.82) is 0 Å². The predicted molar refractivity (Wildman–Crippen MR) is 218 cm³/mol. The lowest BCUT2D eigenvalue weighted by Crippen LogP contribution is -2.29. The molecule has 0 radical (unpaired) electrons. The van der Waals surface area contributed by atoms with Gasteiger partial charge in [-0.15, -0.1) is 0 Å². The van der Waals surface area contributed by atoms with Gasteiger partial charge in [-0.25, -0.2) is 0 Å². The second-order valence-corrected chi connectivity index (χ2v) is 16.5. The molecule has 0 unspecified atom stereocenters. The molecule has 0 atom stereocenters. The lowest BCUT2D eigenvalue weighted by atomic mass is 10.1. The van der Waals surface area contributed by atoms with E-state index >= 15 is 0 Å². The van der Waals surface area contributed by atoms with Crippen molar-refractivity contribution in [2.24, 2.45) is 0 Å². The van der Waals surface area contributed by atoms with Crippen LogP contribution in [0.2, 0.25) is 0 Å². The Labute approximate surface area is 301 Å². The smallest absolute Gasteiger partial charge is 0.127 e. The third-order valence-corrected chi connectivity index (χ3v) is 15.0. The predicted octanol–water partition coefficient (Wildman–Crippen LogP) is 8.77. The molecule has 3 nitrogen and oxygen atoms in total. The zero-order valence-electron chi connectivity index (χ0n) is 30.7. The van der Waals surface area contributed by atoms with E-state index in [2.05, 4.69) is 114 Å². The summed E-state index contributed by atoms with van der Waals surface area (Å²) in [5.41, 5.74) is 8.40. The molecule has 0 aromatic heterocycles. The Morgan fingerprint density at radius 3 is 0.780 bits per heavy atom. The maximum absolute atomic E-state index is 5.65. The Morgan fingerprint density at radius 2 is 0.540 bits per heavy atom. The van der Waals surface area contributed by atoms with Crippen LogP contribution in [0.15, 0.2) is 127 Å². The van der Waals surface area contributed by atoms with Crippen LogP contribution in [0.4, 0.5) is 0 Å². The minimum atomic E-state index is -0.901. The highest BCUT2D eigenvalue weighted by Gasteiger charge is 2.27. The van der Waals surface area contributed by atoms with Crippen molar-refractivity contribution in [3.8, 4) is 17.2 Å². The lowest BCUT2D eigenvalue weighted by molar-refractivity contribution is 0.416. The van der Waals surface area contributed by atoms with Crippen LogP contribution in [-0.2, 0) is 0 Å². The Hall–Kier alpha value is -4.42. The average molecular weight is 699 g/mol. The first-order valence-corrected chi connectivity index (χ1v) is 19.6. The van der Waals surface area contributed by atoms with Gasteiger partial charge in [0, 0.05) is 15.9 Å². The van der Waals surface area contributed by atoms with Crippen LogP contribution in [0.1, 0.15) is 33.4 Å². The summed E-state index contributed by atoms with van der Waals surface area (Å²) < 4.78 is 17.0. The van der Waals surface area contributed by atoms with Crippen molar-refractivity contribution in [2.45, 2.75) is 41.5 Å². The molecule has 5 heteroatoms. The molecule has 6 aromatic rings. The van der Waals surface area contributed by atoms with Crippen molar-refractivity contribution >= 4 is 47.7 Å². The normalized spacial score (nSPS) is 10.9. The van der Waals surface area contributed by atoms with Gasteiger partial charge in [-0.1, -0.05) is 109 Å². The van der Waals surface area contributed by atoms with Crippen LogP contribution >= 0.6 is 15.8 Å². The largest absolute Gasteiger partial charge is 0.496 e. The van der Waals surface area contributed by atoms with Crippen molar-refractivity contribution in [2.75, 3.05) is 21.3 Å². The van der Waals surface area contributed by atoms with Crippen LogP contribution in [0.3, 0.4) is 0 Å². The maximum Gasteiger partial charge on any atom is 0.127 e. The number of ether oxygens (including phenoxy) is 3. The number of benzene rings is 6. The first-order valence-electron chi connectivity index (χ1n) is 16.9. The van der Waals surface area contributed by atoms with Crippen molar-refractivity contribution in [3.05, 3.63) is 161 Å². The third kappa shape index (κ3) is 7.81. The van der Waals surface area contributed by atoms with Crippen LogP contribution in [0.25, 0.3) is 0 Å². The molecular weight excluding hydrogens is 650 g/mol. The van der Waals surface area contributed by atoms with Crippen molar-refractivity contribution < 1.29 is 14.2 Å². The van der Waals surface area contributed by atoms with E-state index in [1.165, 1.54) is 49.3 Å². The Kier molecular flexibility index (Phi) is 12.5. The van der Waals surface area contributed by atoms with Gasteiger partial charge in [0.05, 0.1) is 21.3 Å². The van der Waals surface area contributed by atoms with E-state index in [0.717, 1.165) is 33.2 Å². The number of rotatable bonds is 9. The van der Waals surface area contributed by atoms with E-state index in [4.69, 9.17) is 14.2 Å². The molecule has 0 N–H and O–H groups in total. The van der Waals surface area contributed by atoms with Crippen LogP contribution < -0.4 is 46.0 Å². The zero-order valence-corrected chi connectivity index (χ0v) is 32.5. The topological polar surface area (TPSA) is 27.7 Å². The van der Waals surface area contributed by atoms with Gasteiger partial charge < -0.3 is 14.2 Å². The fourth-order valence-corrected chi connectivity index (χ4v) is 12.5. The molecule has 0 bridgehead atoms. The summed E-state index contributed by atoms with van der Waals surface area (Å²) in [6, 6.07) is 44.5. The van der Waals surface area contributed by atoms with Gasteiger partial charge in [-0.05, 0) is 125 Å². The number of hydrogen-bond donors (Lipinski definition) is 0. The quantitative estimate of drug-likeness (QED) is 0.141. The summed E-state index contributed by atoms with van der Waals surface area (Å²) in [6.07, 6.45) is 0. The van der Waals surface area contributed by atoms with Gasteiger partial charge in [-0.3, -0.25) is 0 Å². The van der Waals surface area contributed by atoms with Crippen molar-refractivity contribution in [1.82, 2.24) is 0 Å². The maximum atomic E-state index is 5.65. The van der Waals surface area contributed by atoms with Crippen molar-refractivity contribution in [3.63, 3.8) is 0 Å². The first kappa shape index (κ1) is 36.9. The molecule has 6 aromatic carbocycles. The number of hydrogen-bond acceptors (Lipinski definition) is 3. The van der Waals surface area contributed by atoms with E-state index in [0.29, 0.717) is 0 Å². The molecular formula is C45H48O3P2. The Morgan fingerprint density at radius 1 is 0.300 bits per heavy atom. The van der Waals surface area contributed by atoms with Gasteiger partial charge in [0.2, 0.25) is 0 Å². The SMILES string of the molecule is COc1ccccc1P(c1ccccc1OC)c1ccccc1OC.Cc1cccc(C)c1P(c1c(C)cccc1C)c1c(C)cccc1C. The molecule has 0 aliphatic carbocycles. The fourth-order valence-electron chi connectivity index (χ4n) is 6.64. The number of methoxy groups -OCH3 is 3. The molecule has 0 saturated heterocycles. The standard InChI is InChI=1S/C24H27P.C21H21O3P/c1-16-10-7-11-17(2)22(16)25(23-18(3)12-8-13-19(23)4)24-20(5)14-9-15-21(24)6;1-22-16-10-4-7-13-19(16)25(20-14-8-5-11-17(20)23-2)21-15-9-6-12-18(21)24-3/h7-15H,1-6H3;4-15H,1-3H3. The van der Waals surface area contributed by atoms with Gasteiger partial charge in [0.1, 0.15) is 17.2 Å². The minimum Gasteiger partial charge on any atom is -0.496 e. The van der Waals surface area contributed by atoms with Gasteiger partial charge in [0.15, 0.2) is 0 Å². The van der Waals surface area contributed by atoms with Gasteiger partial charge in [0.25, 0.3) is 0 Å². The van der Waals surface area contributed by atoms with E-state index in [1.54, 1.807) is 21.3 Å². The molecule has 0 amide bonds. The minimum absolute atomic E-state index is 0.571. The van der Waals surface area contributed by atoms with E-state index in [1.807, 2.05) is 54.6 Å². The monoisotopic (exact) mass is 698 g/mol. The summed E-state index contributed by atoms with van der Waals surface area (Å²) in [7, 11) is 3.64. The molecule has 0 spiro atoms. The van der Waals surface area contributed by atoms with Gasteiger partial charge in [-0.2, -0.15) is 0 Å². The summed E-state index contributed by atoms with van der Waals surface area (Å²) in [6.45, 7) is 13.6. The second kappa shape index (κ2) is 17.0. The zero-order chi connectivity index (χ0) is 35.8. The molecule has 0 aliphatic heterocycles. The highest BCUT2D eigenvalue weighted by Crippen LogP contribution is 2.42.